The summed E-state index contributed by atoms with van der Waals surface area (Å²) < 4.78 is 0. The normalized spacial score (nSPS) is 11.1. The minimum atomic E-state index is -1.09. The topological polar surface area (TPSA) is 132 Å². The number of carboxylic acids is 1. The second kappa shape index (κ2) is 5.51. The van der Waals surface area contributed by atoms with Crippen LogP contribution >= 0.6 is 0 Å². The van der Waals surface area contributed by atoms with Crippen LogP contribution in [-0.2, 0) is 16.0 Å². The summed E-state index contributed by atoms with van der Waals surface area (Å²) in [6.45, 7) is 2.91. The van der Waals surface area contributed by atoms with Crippen LogP contribution < -0.4 is 16.6 Å². The first-order chi connectivity index (χ1) is 8.70. The van der Waals surface area contributed by atoms with Crippen molar-refractivity contribution in [2.75, 3.05) is 6.54 Å². The molecule has 0 aliphatic rings. The molecular formula is C11H15N3O5. The minimum Gasteiger partial charge on any atom is -0.481 e. The fraction of sp³-hybridized carbons (Fsp3) is 0.455. The number of rotatable bonds is 5. The van der Waals surface area contributed by atoms with Crippen LogP contribution in [0.5, 0.6) is 0 Å². The number of aliphatic carboxylic acids is 1. The molecule has 0 aromatic carbocycles. The number of nitrogens with one attached hydrogen (secondary N) is 3. The van der Waals surface area contributed by atoms with E-state index < -0.39 is 28.5 Å². The van der Waals surface area contributed by atoms with Gasteiger partial charge in [-0.2, -0.15) is 0 Å². The van der Waals surface area contributed by atoms with Gasteiger partial charge in [-0.05, 0) is 13.8 Å². The van der Waals surface area contributed by atoms with Crippen LogP contribution in [0, 0.1) is 5.41 Å². The molecule has 0 saturated heterocycles. The Balaban J connectivity index is 2.64. The quantitative estimate of drug-likeness (QED) is 0.535. The third-order valence-electron chi connectivity index (χ3n) is 2.47. The molecule has 8 nitrogen and oxygen atoms in total. The maximum Gasteiger partial charge on any atom is 0.325 e. The molecule has 1 rings (SSSR count). The van der Waals surface area contributed by atoms with Gasteiger partial charge < -0.3 is 15.4 Å². The van der Waals surface area contributed by atoms with E-state index in [0.29, 0.717) is 0 Å². The standard InChI is InChI=1S/C11H15N3O5/c1-11(2,9(17)18)5-12-7(15)3-6-4-8(16)14-10(19)13-6/h4H,3,5H2,1-2H3,(H,12,15)(H,17,18)(H2,13,14,16,19). The zero-order valence-corrected chi connectivity index (χ0v) is 10.6. The number of aromatic nitrogens is 2. The lowest BCUT2D eigenvalue weighted by Crippen LogP contribution is -2.39. The van der Waals surface area contributed by atoms with Crippen molar-refractivity contribution in [1.82, 2.24) is 15.3 Å². The van der Waals surface area contributed by atoms with Crippen molar-refractivity contribution in [3.8, 4) is 0 Å². The van der Waals surface area contributed by atoms with E-state index in [0.717, 1.165) is 6.07 Å². The molecule has 0 saturated carbocycles. The lowest BCUT2D eigenvalue weighted by molar-refractivity contribution is -0.146. The van der Waals surface area contributed by atoms with Gasteiger partial charge in [0.05, 0.1) is 11.8 Å². The van der Waals surface area contributed by atoms with Crippen molar-refractivity contribution in [3.63, 3.8) is 0 Å². The Bertz CT molecular complexity index is 571. The van der Waals surface area contributed by atoms with Crippen LogP contribution in [0.2, 0.25) is 0 Å². The highest BCUT2D eigenvalue weighted by Crippen LogP contribution is 2.12. The van der Waals surface area contributed by atoms with Crippen LogP contribution in [0.1, 0.15) is 19.5 Å². The summed E-state index contributed by atoms with van der Waals surface area (Å²) >= 11 is 0. The maximum atomic E-state index is 11.6. The summed E-state index contributed by atoms with van der Waals surface area (Å²) in [5, 5.41) is 11.3. The summed E-state index contributed by atoms with van der Waals surface area (Å²) in [4.78, 5) is 48.7. The smallest absolute Gasteiger partial charge is 0.325 e. The molecular weight excluding hydrogens is 254 g/mol. The van der Waals surface area contributed by atoms with Crippen molar-refractivity contribution < 1.29 is 14.7 Å². The molecule has 1 aromatic rings. The van der Waals surface area contributed by atoms with Gasteiger partial charge >= 0.3 is 11.7 Å². The van der Waals surface area contributed by atoms with E-state index in [4.69, 9.17) is 5.11 Å². The van der Waals surface area contributed by atoms with Crippen LogP contribution in [-0.4, -0.2) is 33.5 Å². The number of carboxylic acid groups (broad SMARTS) is 1. The first-order valence-electron chi connectivity index (χ1n) is 5.53. The summed E-state index contributed by atoms with van der Waals surface area (Å²) in [6, 6.07) is 1.10. The Labute approximate surface area is 107 Å². The molecule has 0 spiro atoms. The van der Waals surface area contributed by atoms with E-state index in [2.05, 4.69) is 10.3 Å². The van der Waals surface area contributed by atoms with E-state index in [9.17, 15) is 19.2 Å². The summed E-state index contributed by atoms with van der Waals surface area (Å²) in [6.07, 6.45) is -0.200. The van der Waals surface area contributed by atoms with Gasteiger partial charge in [0.2, 0.25) is 5.91 Å². The van der Waals surface area contributed by atoms with Crippen molar-refractivity contribution in [2.45, 2.75) is 20.3 Å². The molecule has 0 radical (unpaired) electrons. The molecule has 0 atom stereocenters. The fourth-order valence-corrected chi connectivity index (χ4v) is 1.25. The highest BCUT2D eigenvalue weighted by atomic mass is 16.4. The minimum absolute atomic E-state index is 0.0470. The lowest BCUT2D eigenvalue weighted by atomic mass is 9.94. The fourth-order valence-electron chi connectivity index (χ4n) is 1.25. The predicted molar refractivity (Wildman–Crippen MR) is 65.8 cm³/mol. The number of H-pyrrole nitrogens is 2. The lowest BCUT2D eigenvalue weighted by Gasteiger charge is -2.19. The SMILES string of the molecule is CC(C)(CNC(=O)Cc1cc(=O)[nH]c(=O)[nH]1)C(=O)O. The van der Waals surface area contributed by atoms with E-state index in [1.807, 2.05) is 4.98 Å². The predicted octanol–water partition coefficient (Wildman–Crippen LogP) is -1.17. The van der Waals surface area contributed by atoms with E-state index >= 15 is 0 Å². The second-order valence-corrected chi connectivity index (χ2v) is 4.76. The molecule has 1 aromatic heterocycles. The first kappa shape index (κ1) is 14.7. The van der Waals surface area contributed by atoms with E-state index in [-0.39, 0.29) is 18.7 Å². The Morgan fingerprint density at radius 3 is 2.47 bits per heavy atom. The van der Waals surface area contributed by atoms with Gasteiger partial charge in [0.25, 0.3) is 5.56 Å². The molecule has 0 aliphatic carbocycles. The molecule has 0 aliphatic heterocycles. The highest BCUT2D eigenvalue weighted by Gasteiger charge is 2.27. The number of hydrogen-bond donors (Lipinski definition) is 4. The number of carbonyl (C=O) groups is 2. The van der Waals surface area contributed by atoms with Gasteiger partial charge in [0.1, 0.15) is 0 Å². The Morgan fingerprint density at radius 1 is 1.32 bits per heavy atom. The van der Waals surface area contributed by atoms with Crippen LogP contribution in [0.15, 0.2) is 15.7 Å². The Kier molecular flexibility index (Phi) is 4.26. The van der Waals surface area contributed by atoms with Crippen LogP contribution in [0.4, 0.5) is 0 Å². The van der Waals surface area contributed by atoms with Gasteiger partial charge in [0.15, 0.2) is 0 Å². The zero-order chi connectivity index (χ0) is 14.6. The molecule has 1 amide bonds. The first-order valence-corrected chi connectivity index (χ1v) is 5.53. The van der Waals surface area contributed by atoms with Crippen molar-refractivity contribution in [1.29, 1.82) is 0 Å². The maximum absolute atomic E-state index is 11.6. The van der Waals surface area contributed by atoms with Gasteiger partial charge in [-0.25, -0.2) is 4.79 Å². The van der Waals surface area contributed by atoms with E-state index in [1.54, 1.807) is 0 Å². The van der Waals surface area contributed by atoms with Gasteiger partial charge in [0, 0.05) is 18.3 Å². The van der Waals surface area contributed by atoms with Crippen LogP contribution in [0.3, 0.4) is 0 Å². The number of carbonyl (C=O) groups excluding carboxylic acids is 1. The summed E-state index contributed by atoms with van der Waals surface area (Å²) in [5.41, 5.74) is -2.21. The van der Waals surface area contributed by atoms with Crippen molar-refractivity contribution in [2.24, 2.45) is 5.41 Å². The Hall–Kier alpha value is -2.38. The third kappa shape index (κ3) is 4.41. The average Bonchev–Trinajstić information content (AvgIpc) is 2.24. The molecule has 4 N–H and O–H groups in total. The molecule has 8 heteroatoms. The number of amides is 1. The molecule has 104 valence electrons. The number of hydrogen-bond acceptors (Lipinski definition) is 4. The van der Waals surface area contributed by atoms with E-state index in [1.165, 1.54) is 13.8 Å². The largest absolute Gasteiger partial charge is 0.481 e. The zero-order valence-electron chi connectivity index (χ0n) is 10.6. The van der Waals surface area contributed by atoms with Crippen LogP contribution in [0.25, 0.3) is 0 Å². The van der Waals surface area contributed by atoms with Gasteiger partial charge in [-0.15, -0.1) is 0 Å². The summed E-state index contributed by atoms with van der Waals surface area (Å²) in [7, 11) is 0. The molecule has 1 heterocycles. The van der Waals surface area contributed by atoms with Crippen molar-refractivity contribution in [3.05, 3.63) is 32.6 Å². The molecule has 0 bridgehead atoms. The average molecular weight is 269 g/mol. The second-order valence-electron chi connectivity index (χ2n) is 4.76. The molecule has 0 unspecified atom stereocenters. The summed E-state index contributed by atoms with van der Waals surface area (Å²) in [5.74, 6) is -1.51. The third-order valence-corrected chi connectivity index (χ3v) is 2.47. The monoisotopic (exact) mass is 269 g/mol. The van der Waals surface area contributed by atoms with Crippen molar-refractivity contribution >= 4 is 11.9 Å². The Morgan fingerprint density at radius 2 is 1.95 bits per heavy atom. The number of aromatic amines is 2. The highest BCUT2D eigenvalue weighted by molar-refractivity contribution is 5.80. The molecule has 0 fully saturated rings. The van der Waals surface area contributed by atoms with Gasteiger partial charge in [-0.1, -0.05) is 0 Å². The molecule has 19 heavy (non-hydrogen) atoms. The van der Waals surface area contributed by atoms with Gasteiger partial charge in [-0.3, -0.25) is 19.4 Å².